The third-order valence-electron chi connectivity index (χ3n) is 24.4. The van der Waals surface area contributed by atoms with Gasteiger partial charge in [-0.05, 0) is 260 Å². The summed E-state index contributed by atoms with van der Waals surface area (Å²) >= 11 is 7.34. The van der Waals surface area contributed by atoms with Crippen molar-refractivity contribution in [1.29, 1.82) is 0 Å². The summed E-state index contributed by atoms with van der Waals surface area (Å²) in [5.74, 6) is 0.572. The Labute approximate surface area is 657 Å². The van der Waals surface area contributed by atoms with Gasteiger partial charge in [0.05, 0.1) is 0 Å². The molecule has 3 aromatic heterocycles. The number of rotatable bonds is 7. The van der Waals surface area contributed by atoms with Gasteiger partial charge in [0.25, 0.3) is 0 Å². The number of hydrogen-bond acceptors (Lipinski definition) is 5. The molecule has 110 heavy (non-hydrogen) atoms. The first-order valence-electron chi connectivity index (χ1n) is 37.7. The van der Waals surface area contributed by atoms with Crippen LogP contribution in [0.2, 0.25) is 0 Å². The van der Waals surface area contributed by atoms with Gasteiger partial charge < -0.3 is 22.9 Å². The molecule has 22 rings (SSSR count). The second-order valence-electron chi connectivity index (χ2n) is 32.1. The van der Waals surface area contributed by atoms with Crippen molar-refractivity contribution in [3.05, 3.63) is 351 Å². The number of furan rings is 3. The minimum atomic E-state index is -0.164. The Morgan fingerprint density at radius 1 is 0.245 bits per heavy atom. The van der Waals surface area contributed by atoms with Gasteiger partial charge in [-0.25, -0.2) is 0 Å². The zero-order valence-corrected chi connectivity index (χ0v) is 65.4. The van der Waals surface area contributed by atoms with Crippen LogP contribution in [0, 0.1) is 0 Å². The molecule has 0 amide bonds. The lowest BCUT2D eigenvalue weighted by atomic mass is 9.79. The summed E-state index contributed by atoms with van der Waals surface area (Å²) in [6, 6.07) is 107. The minimum absolute atomic E-state index is 0.0196. The van der Waals surface area contributed by atoms with Crippen molar-refractivity contribution < 1.29 is 22.9 Å². The maximum Gasteiger partial charge on any atom is 0.569 e. The molecule has 4 aliphatic carbocycles. The van der Waals surface area contributed by atoms with E-state index in [0.29, 0.717) is 13.4 Å². The maximum absolute atomic E-state index is 8.78. The molecule has 0 saturated carbocycles. The number of fused-ring (bicyclic) bond motifs is 23. The summed E-state index contributed by atoms with van der Waals surface area (Å²) in [4.78, 5) is 0. The average Bonchev–Trinajstić information content (AvgIpc) is 1.53. The lowest BCUT2D eigenvalue weighted by Gasteiger charge is -2.24. The van der Waals surface area contributed by atoms with Crippen molar-refractivity contribution in [2.24, 2.45) is 0 Å². The first kappa shape index (κ1) is 67.8. The summed E-state index contributed by atoms with van der Waals surface area (Å²) in [5, 5.41) is 15.3. The molecule has 529 valence electrons. The van der Waals surface area contributed by atoms with E-state index in [1.807, 2.05) is 36.4 Å². The van der Waals surface area contributed by atoms with Crippen LogP contribution in [0.25, 0.3) is 166 Å². The highest BCUT2D eigenvalue weighted by Crippen LogP contribution is 2.62. The van der Waals surface area contributed by atoms with E-state index in [1.165, 1.54) is 134 Å². The van der Waals surface area contributed by atoms with Crippen LogP contribution in [0.3, 0.4) is 0 Å². The van der Waals surface area contributed by atoms with E-state index in [1.54, 1.807) is 6.07 Å². The fourth-order valence-corrected chi connectivity index (χ4v) is 19.4. The third kappa shape index (κ3) is 10.6. The van der Waals surface area contributed by atoms with E-state index < -0.39 is 0 Å². The fraction of sp³-hybridized carbons (Fsp3) is 0.118. The molecule has 0 aliphatic heterocycles. The molecule has 0 bridgehead atoms. The van der Waals surface area contributed by atoms with Gasteiger partial charge >= 0.3 is 7.69 Å². The minimum Gasteiger partial charge on any atom is -0.537 e. The molecule has 0 fully saturated rings. The average molecular weight is 1550 g/mol. The van der Waals surface area contributed by atoms with E-state index in [-0.39, 0.29) is 21.7 Å². The van der Waals surface area contributed by atoms with Crippen molar-refractivity contribution in [3.63, 3.8) is 0 Å². The molecule has 18 aromatic rings. The van der Waals surface area contributed by atoms with Crippen LogP contribution in [0.4, 0.5) is 0 Å². The molecule has 1 N–H and O–H groups in total. The third-order valence-corrected chi connectivity index (χ3v) is 25.4. The Morgan fingerprint density at radius 2 is 0.491 bits per heavy atom. The summed E-state index contributed by atoms with van der Waals surface area (Å²) < 4.78 is 25.9. The molecule has 3 heterocycles. The molecule has 1 radical (unpaired) electrons. The molecule has 0 spiro atoms. The second kappa shape index (κ2) is 25.3. The van der Waals surface area contributed by atoms with E-state index in [4.69, 9.17) is 22.9 Å². The van der Waals surface area contributed by atoms with Gasteiger partial charge in [0.1, 0.15) is 39.2 Å². The monoisotopic (exact) mass is 1550 g/mol. The Balaban J connectivity index is 0.000000134. The molecule has 0 unspecified atom stereocenters. The van der Waals surface area contributed by atoms with Gasteiger partial charge in [-0.1, -0.05) is 269 Å². The zero-order chi connectivity index (χ0) is 74.9. The highest BCUT2D eigenvalue weighted by atomic mass is 79.9. The van der Waals surface area contributed by atoms with Crippen LogP contribution in [0.1, 0.15) is 99.9 Å². The summed E-state index contributed by atoms with van der Waals surface area (Å²) in [6.07, 6.45) is 0. The van der Waals surface area contributed by atoms with Crippen molar-refractivity contribution in [1.82, 2.24) is 0 Å². The summed E-state index contributed by atoms with van der Waals surface area (Å²) in [6.45, 7) is 19.0. The highest BCUT2D eigenvalue weighted by Gasteiger charge is 2.46. The molecule has 0 atom stereocenters. The van der Waals surface area contributed by atoms with Gasteiger partial charge in [-0.2, -0.15) is 0 Å². The van der Waals surface area contributed by atoms with Crippen LogP contribution in [0.5, 0.6) is 5.75 Å². The standard InChI is InChI=1S/C60H42O2.C24H20Br2.C18H12BO3/c1-59(2)49-23-24-50-58(57(49)43-21-15-41(33-51(43)59)39-19-27-55-47(31-39)45-29-37(17-25-53(45)61-55)35-11-7-5-8-12-35)44-22-16-42(34-52(44)60(50,3)4)40-20-28-56-48(32-40)46-30-38(18-26-54(46)62-56)36-13-9-6-10-14-36;1-23(2)17-9-10-18-22(21(17)15-7-5-13(25)11-19(15)23)16-8-6-14(26)12-20(16)24(18,3)4;20-19-22-14-7-9-18-16(11-14)15-10-13(6-8-17(15)21-18)12-4-2-1-3-5-12/h5-34H,1-4H3;5-12H,1-4H3;1-11,20H. The summed E-state index contributed by atoms with van der Waals surface area (Å²) in [5.41, 5.74) is 39.3. The summed E-state index contributed by atoms with van der Waals surface area (Å²) in [7, 11) is 0.679. The highest BCUT2D eigenvalue weighted by molar-refractivity contribution is 9.10. The number of hydrogen-bond donors (Lipinski definition) is 1. The van der Waals surface area contributed by atoms with E-state index in [0.717, 1.165) is 85.9 Å². The predicted molar refractivity (Wildman–Crippen MR) is 463 cm³/mol. The van der Waals surface area contributed by atoms with E-state index >= 15 is 0 Å². The second-order valence-corrected chi connectivity index (χ2v) is 33.9. The van der Waals surface area contributed by atoms with Gasteiger partial charge in [0.2, 0.25) is 0 Å². The van der Waals surface area contributed by atoms with Crippen molar-refractivity contribution in [2.75, 3.05) is 0 Å². The fourth-order valence-electron chi connectivity index (χ4n) is 18.6. The first-order valence-corrected chi connectivity index (χ1v) is 39.3. The number of halogens is 2. The molecule has 0 saturated heterocycles. The van der Waals surface area contributed by atoms with Gasteiger partial charge in [-0.15, -0.1) is 0 Å². The molecular formula is C102H74BBr2O5. The largest absolute Gasteiger partial charge is 0.569 e. The smallest absolute Gasteiger partial charge is 0.537 e. The molecule has 15 aromatic carbocycles. The SMILES string of the molecule is CC1(C)c2cc(-c3ccc4oc5ccc(-c6ccccc6)cc5c4c3)ccc2-c2c1ccc1c2-c2ccc(-c3ccc4oc5ccc(-c6ccccc6)cc5c4c3)cc2C1(C)C.CC1(C)c2cc(Br)ccc2-c2c1ccc1c2-c2ccc(Br)cc2C1(C)C.O[B]Oc1ccc2oc3ccc(-c4ccccc4)cc3c2c1. The topological polar surface area (TPSA) is 68.9 Å². The van der Waals surface area contributed by atoms with Crippen LogP contribution < -0.4 is 4.65 Å². The lowest BCUT2D eigenvalue weighted by Crippen LogP contribution is -2.17. The van der Waals surface area contributed by atoms with E-state index in [9.17, 15) is 0 Å². The Kier molecular flexibility index (Phi) is 15.6. The van der Waals surface area contributed by atoms with Crippen LogP contribution in [-0.2, 0) is 21.7 Å². The Morgan fingerprint density at radius 3 is 0.791 bits per heavy atom. The first-order chi connectivity index (χ1) is 53.3. The van der Waals surface area contributed by atoms with Gasteiger partial charge in [0, 0.05) is 62.9 Å². The molecule has 8 heteroatoms. The lowest BCUT2D eigenvalue weighted by molar-refractivity contribution is 0.454. The van der Waals surface area contributed by atoms with Crippen LogP contribution >= 0.6 is 31.9 Å². The van der Waals surface area contributed by atoms with Crippen LogP contribution in [-0.4, -0.2) is 12.7 Å². The number of benzene rings is 15. The van der Waals surface area contributed by atoms with E-state index in [2.05, 4.69) is 342 Å². The normalized spacial score (nSPS) is 14.4. The Bertz CT molecular complexity index is 6540. The maximum atomic E-state index is 8.78. The predicted octanol–water partition coefficient (Wildman–Crippen LogP) is 28.7. The van der Waals surface area contributed by atoms with Crippen LogP contribution in [0.15, 0.2) is 319 Å². The Hall–Kier alpha value is -11.5. The zero-order valence-electron chi connectivity index (χ0n) is 62.2. The van der Waals surface area contributed by atoms with Crippen molar-refractivity contribution >= 4 is 105 Å². The van der Waals surface area contributed by atoms with Crippen molar-refractivity contribution in [3.8, 4) is 106 Å². The van der Waals surface area contributed by atoms with Gasteiger partial charge in [0.15, 0.2) is 0 Å². The molecule has 5 nitrogen and oxygen atoms in total. The van der Waals surface area contributed by atoms with Gasteiger partial charge in [-0.3, -0.25) is 0 Å². The molecular weight excluding hydrogens is 1480 g/mol. The molecule has 4 aliphatic rings. The van der Waals surface area contributed by atoms with Crippen molar-refractivity contribution in [2.45, 2.75) is 77.0 Å². The quantitative estimate of drug-likeness (QED) is 0.161.